The molecule has 3 amide bonds. The lowest BCUT2D eigenvalue weighted by molar-refractivity contribution is -0.138. The number of aliphatic carboxylic acids is 2. The van der Waals surface area contributed by atoms with Crippen molar-refractivity contribution in [3.8, 4) is 0 Å². The van der Waals surface area contributed by atoms with E-state index in [1.165, 1.54) is 0 Å². The van der Waals surface area contributed by atoms with E-state index in [1.54, 1.807) is 0 Å². The number of unbranched alkanes of at least 4 members (excludes halogenated alkanes) is 5. The van der Waals surface area contributed by atoms with E-state index >= 15 is 0 Å². The van der Waals surface area contributed by atoms with Crippen molar-refractivity contribution >= 4 is 39.8 Å². The van der Waals surface area contributed by atoms with Gasteiger partial charge in [0.1, 0.15) is 4.32 Å². The summed E-state index contributed by atoms with van der Waals surface area (Å²) in [5, 5.41) is 18.7. The highest BCUT2D eigenvalue weighted by Gasteiger charge is 2.32. The zero-order valence-electron chi connectivity index (χ0n) is 15.6. The lowest BCUT2D eigenvalue weighted by Crippen LogP contribution is -2.46. The molecule has 0 unspecified atom stereocenters. The maximum Gasteiger partial charge on any atom is 0.318 e. The molecule has 8 nitrogen and oxygen atoms in total. The number of nitrogens with two attached hydrogens (primary N) is 1. The Labute approximate surface area is 163 Å². The first-order chi connectivity index (χ1) is 12.1. The van der Waals surface area contributed by atoms with Gasteiger partial charge in [-0.05, 0) is 25.7 Å². The van der Waals surface area contributed by atoms with Gasteiger partial charge in [0, 0.05) is 12.8 Å². The number of nitrogens with one attached hydrogen (secondary N) is 1. The van der Waals surface area contributed by atoms with Gasteiger partial charge in [-0.2, -0.15) is 0 Å². The molecule has 5 N–H and O–H groups in total. The van der Waals surface area contributed by atoms with Gasteiger partial charge >= 0.3 is 18.0 Å². The van der Waals surface area contributed by atoms with Crippen LogP contribution in [0.4, 0.5) is 4.79 Å². The van der Waals surface area contributed by atoms with Crippen LogP contribution in [0.15, 0.2) is 0 Å². The third-order valence-electron chi connectivity index (χ3n) is 3.80. The third-order valence-corrected chi connectivity index (χ3v) is 5.28. The lowest BCUT2D eigenvalue weighted by atomic mass is 10.0. The zero-order valence-corrected chi connectivity index (χ0v) is 17.1. The minimum Gasteiger partial charge on any atom is -0.481 e. The average Bonchev–Trinajstić information content (AvgIpc) is 2.55. The number of carbonyl (C=O) groups excluding carboxylic acids is 2. The molecule has 0 radical (unpaired) electrons. The van der Waals surface area contributed by atoms with Gasteiger partial charge < -0.3 is 15.9 Å². The summed E-state index contributed by atoms with van der Waals surface area (Å²) in [6.45, 7) is 3.72. The Morgan fingerprint density at radius 1 is 0.846 bits per heavy atom. The Morgan fingerprint density at radius 3 is 1.46 bits per heavy atom. The van der Waals surface area contributed by atoms with Crippen molar-refractivity contribution in [1.82, 2.24) is 5.32 Å². The molecular formula is C17H31BrN2O6. The van der Waals surface area contributed by atoms with Gasteiger partial charge in [0.15, 0.2) is 0 Å². The van der Waals surface area contributed by atoms with Crippen LogP contribution < -0.4 is 11.1 Å². The number of amides is 3. The fourth-order valence-corrected chi connectivity index (χ4v) is 2.15. The second-order valence-electron chi connectivity index (χ2n) is 5.90. The van der Waals surface area contributed by atoms with Crippen molar-refractivity contribution in [3.63, 3.8) is 0 Å². The number of halogens is 1. The van der Waals surface area contributed by atoms with Crippen LogP contribution in [-0.2, 0) is 14.4 Å². The quantitative estimate of drug-likeness (QED) is 0.271. The van der Waals surface area contributed by atoms with Gasteiger partial charge in [0.25, 0.3) is 0 Å². The third kappa shape index (κ3) is 15.9. The maximum atomic E-state index is 11.3. The van der Waals surface area contributed by atoms with Gasteiger partial charge in [0.05, 0.1) is 0 Å². The highest BCUT2D eigenvalue weighted by Crippen LogP contribution is 2.26. The smallest absolute Gasteiger partial charge is 0.318 e. The topological polar surface area (TPSA) is 147 Å². The molecule has 0 aliphatic rings. The Morgan fingerprint density at radius 2 is 1.19 bits per heavy atom. The van der Waals surface area contributed by atoms with Crippen LogP contribution in [0.25, 0.3) is 0 Å². The molecular weight excluding hydrogens is 408 g/mol. The summed E-state index contributed by atoms with van der Waals surface area (Å²) >= 11 is 3.26. The molecule has 0 aromatic rings. The number of hydrogen-bond donors (Lipinski definition) is 4. The van der Waals surface area contributed by atoms with E-state index in [2.05, 4.69) is 15.9 Å². The molecule has 0 atom stereocenters. The second kappa shape index (κ2) is 15.6. The molecule has 0 rings (SSSR count). The van der Waals surface area contributed by atoms with Crippen molar-refractivity contribution in [3.05, 3.63) is 0 Å². The van der Waals surface area contributed by atoms with Gasteiger partial charge in [-0.3, -0.25) is 19.7 Å². The van der Waals surface area contributed by atoms with Crippen LogP contribution in [0.3, 0.4) is 0 Å². The first-order valence-corrected chi connectivity index (χ1v) is 9.61. The molecule has 0 spiro atoms. The molecule has 0 fully saturated rings. The fraction of sp³-hybridized carbons (Fsp3) is 0.765. The van der Waals surface area contributed by atoms with Crippen molar-refractivity contribution in [2.45, 2.75) is 82.4 Å². The van der Waals surface area contributed by atoms with Crippen LogP contribution in [0, 0.1) is 0 Å². The summed E-state index contributed by atoms with van der Waals surface area (Å²) in [6.07, 6.45) is 7.05. The minimum atomic E-state index is -0.814. The number of carboxylic acids is 2. The summed E-state index contributed by atoms with van der Waals surface area (Å²) < 4.78 is -0.665. The summed E-state index contributed by atoms with van der Waals surface area (Å²) in [4.78, 5) is 41.9. The normalized spacial score (nSPS) is 10.4. The monoisotopic (exact) mass is 438 g/mol. The molecule has 0 bridgehead atoms. The second-order valence-corrected chi connectivity index (χ2v) is 7.42. The van der Waals surface area contributed by atoms with E-state index < -0.39 is 22.3 Å². The lowest BCUT2D eigenvalue weighted by Gasteiger charge is -2.21. The van der Waals surface area contributed by atoms with Crippen molar-refractivity contribution in [2.24, 2.45) is 5.73 Å². The standard InChI is InChI=1S/C10H18O4.C7H13BrN2O2/c11-9(12)7-5-3-1-2-4-6-8-10(13)14;1-3-7(8,4-2)5(11)10-6(9)12/h1-8H2,(H,11,12)(H,13,14);3-4H2,1-2H3,(H3,9,10,11,12). The Balaban J connectivity index is 0. The zero-order chi connectivity index (χ0) is 20.6. The van der Waals surface area contributed by atoms with E-state index in [0.29, 0.717) is 12.8 Å². The number of rotatable bonds is 12. The minimum absolute atomic E-state index is 0.245. The Hall–Kier alpha value is -1.64. The molecule has 152 valence electrons. The van der Waals surface area contributed by atoms with Gasteiger partial charge in [-0.25, -0.2) is 4.79 Å². The van der Waals surface area contributed by atoms with Crippen molar-refractivity contribution in [2.75, 3.05) is 0 Å². The van der Waals surface area contributed by atoms with E-state index in [1.807, 2.05) is 19.2 Å². The van der Waals surface area contributed by atoms with E-state index in [0.717, 1.165) is 38.5 Å². The maximum absolute atomic E-state index is 11.3. The molecule has 0 saturated carbocycles. The Kier molecular flexibility index (Phi) is 16.0. The molecule has 0 aromatic heterocycles. The van der Waals surface area contributed by atoms with Crippen LogP contribution in [0.1, 0.15) is 78.1 Å². The summed E-state index contributed by atoms with van der Waals surface area (Å²) in [5.74, 6) is -1.85. The van der Waals surface area contributed by atoms with Gasteiger partial charge in [-0.15, -0.1) is 0 Å². The number of primary amides is 1. The summed E-state index contributed by atoms with van der Waals surface area (Å²) in [6, 6.07) is -0.814. The number of hydrogen-bond acceptors (Lipinski definition) is 4. The average molecular weight is 439 g/mol. The molecule has 9 heteroatoms. The number of imide groups is 1. The van der Waals surface area contributed by atoms with Crippen LogP contribution in [0.2, 0.25) is 0 Å². The summed E-state index contributed by atoms with van der Waals surface area (Å²) in [7, 11) is 0. The van der Waals surface area contributed by atoms with Crippen LogP contribution in [0.5, 0.6) is 0 Å². The number of carboxylic acid groups (broad SMARTS) is 2. The molecule has 26 heavy (non-hydrogen) atoms. The molecule has 0 heterocycles. The van der Waals surface area contributed by atoms with Gasteiger partial charge in [0.2, 0.25) is 5.91 Å². The highest BCUT2D eigenvalue weighted by atomic mass is 79.9. The molecule has 0 saturated heterocycles. The summed E-state index contributed by atoms with van der Waals surface area (Å²) in [5.41, 5.74) is 4.81. The van der Waals surface area contributed by atoms with E-state index in [9.17, 15) is 19.2 Å². The number of carbonyl (C=O) groups is 4. The Bertz CT molecular complexity index is 433. The predicted octanol–water partition coefficient (Wildman–Crippen LogP) is 3.41. The fourth-order valence-electron chi connectivity index (χ4n) is 2.05. The van der Waals surface area contributed by atoms with Gasteiger partial charge in [-0.1, -0.05) is 55.5 Å². The predicted molar refractivity (Wildman–Crippen MR) is 102 cm³/mol. The highest BCUT2D eigenvalue weighted by molar-refractivity contribution is 9.10. The van der Waals surface area contributed by atoms with E-state index in [4.69, 9.17) is 15.9 Å². The van der Waals surface area contributed by atoms with E-state index in [-0.39, 0.29) is 18.7 Å². The van der Waals surface area contributed by atoms with Crippen LogP contribution >= 0.6 is 15.9 Å². The largest absolute Gasteiger partial charge is 0.481 e. The first kappa shape index (κ1) is 26.6. The van der Waals surface area contributed by atoms with Crippen molar-refractivity contribution in [1.29, 1.82) is 0 Å². The molecule has 0 aliphatic carbocycles. The number of alkyl halides is 1. The SMILES string of the molecule is CCC(Br)(CC)C(=O)NC(N)=O.O=C(O)CCCCCCCCC(=O)O. The van der Waals surface area contributed by atoms with Crippen molar-refractivity contribution < 1.29 is 29.4 Å². The number of urea groups is 1. The molecule has 0 aliphatic heterocycles. The first-order valence-electron chi connectivity index (χ1n) is 8.82. The molecule has 0 aromatic carbocycles. The van der Waals surface area contributed by atoms with Crippen LogP contribution in [-0.4, -0.2) is 38.4 Å².